The summed E-state index contributed by atoms with van der Waals surface area (Å²) in [6.07, 6.45) is 2.03. The van der Waals surface area contributed by atoms with Crippen molar-refractivity contribution in [1.82, 2.24) is 0 Å². The first-order chi connectivity index (χ1) is 4.64. The van der Waals surface area contributed by atoms with Crippen molar-refractivity contribution in [2.45, 2.75) is 12.8 Å². The predicted octanol–water partition coefficient (Wildman–Crippen LogP) is 0.0715. The van der Waals surface area contributed by atoms with Crippen LogP contribution in [0.15, 0.2) is 0 Å². The minimum atomic E-state index is -1.68. The van der Waals surface area contributed by atoms with Gasteiger partial charge in [-0.25, -0.2) is 0 Å². The van der Waals surface area contributed by atoms with E-state index in [0.717, 1.165) is 30.9 Å². The molecule has 1 aliphatic rings. The van der Waals surface area contributed by atoms with Crippen LogP contribution in [0.4, 0.5) is 0 Å². The van der Waals surface area contributed by atoms with Gasteiger partial charge in [0.2, 0.25) is 0 Å². The molecule has 0 amide bonds. The quantitative estimate of drug-likeness (QED) is 0.553. The van der Waals surface area contributed by atoms with Gasteiger partial charge >= 0.3 is 0 Å². The van der Waals surface area contributed by atoms with Crippen LogP contribution in [0.1, 0.15) is 12.8 Å². The van der Waals surface area contributed by atoms with Crippen LogP contribution >= 0.6 is 0 Å². The summed E-state index contributed by atoms with van der Waals surface area (Å²) in [4.78, 5) is 0. The van der Waals surface area contributed by atoms with Gasteiger partial charge in [0.05, 0.1) is 0 Å². The fourth-order valence-electron chi connectivity index (χ4n) is 1.24. The van der Waals surface area contributed by atoms with E-state index in [-0.39, 0.29) is 0 Å². The van der Waals surface area contributed by atoms with Crippen LogP contribution in [0, 0.1) is 5.92 Å². The van der Waals surface area contributed by atoms with Crippen molar-refractivity contribution in [2.24, 2.45) is 11.7 Å². The zero-order valence-electron chi connectivity index (χ0n) is 6.21. The van der Waals surface area contributed by atoms with E-state index in [0.29, 0.717) is 5.92 Å². The second kappa shape index (κ2) is 2.93. The van der Waals surface area contributed by atoms with E-state index < -0.39 is 9.52 Å². The lowest BCUT2D eigenvalue weighted by atomic mass is 10.0. The molecule has 10 heavy (non-hydrogen) atoms. The van der Waals surface area contributed by atoms with Crippen molar-refractivity contribution >= 4 is 15.4 Å². The molecule has 0 atom stereocenters. The Bertz CT molecular complexity index is 182. The molecular formula is C7H15NOS. The lowest BCUT2D eigenvalue weighted by Gasteiger charge is -2.22. The first-order valence-corrected chi connectivity index (χ1v) is 5.73. The van der Waals surface area contributed by atoms with Crippen molar-refractivity contribution < 1.29 is 4.21 Å². The summed E-state index contributed by atoms with van der Waals surface area (Å²) in [6, 6.07) is 0. The molecular weight excluding hydrogens is 146 g/mol. The van der Waals surface area contributed by atoms with Crippen LogP contribution in [0.25, 0.3) is 0 Å². The molecule has 1 saturated heterocycles. The normalized spacial score (nSPS) is 41.5. The molecule has 2 nitrogen and oxygen atoms in total. The summed E-state index contributed by atoms with van der Waals surface area (Å²) in [6.45, 7) is 0.746. The Morgan fingerprint density at radius 3 is 2.40 bits per heavy atom. The lowest BCUT2D eigenvalue weighted by Crippen LogP contribution is -2.27. The molecule has 0 aromatic carbocycles. The van der Waals surface area contributed by atoms with Gasteiger partial charge in [-0.2, -0.15) is 0 Å². The first kappa shape index (κ1) is 8.08. The molecule has 2 N–H and O–H groups in total. The average molecular weight is 161 g/mol. The number of nitrogens with two attached hydrogens (primary N) is 1. The van der Waals surface area contributed by atoms with E-state index in [2.05, 4.69) is 5.87 Å². The minimum absolute atomic E-state index is 0.608. The van der Waals surface area contributed by atoms with E-state index in [9.17, 15) is 4.21 Å². The van der Waals surface area contributed by atoms with E-state index in [1.54, 1.807) is 0 Å². The van der Waals surface area contributed by atoms with Gasteiger partial charge in [-0.05, 0) is 40.7 Å². The van der Waals surface area contributed by atoms with E-state index in [1.165, 1.54) is 0 Å². The molecule has 3 heteroatoms. The van der Waals surface area contributed by atoms with Crippen LogP contribution in [-0.2, 0) is 9.52 Å². The third kappa shape index (κ3) is 1.99. The highest BCUT2D eigenvalue weighted by Gasteiger charge is 2.17. The Morgan fingerprint density at radius 1 is 1.50 bits per heavy atom. The van der Waals surface area contributed by atoms with E-state index in [1.807, 2.05) is 0 Å². The smallest absolute Gasteiger partial charge is 0.0162 e. The fraction of sp³-hybridized carbons (Fsp3) is 0.857. The molecule has 0 aromatic heterocycles. The van der Waals surface area contributed by atoms with Gasteiger partial charge < -0.3 is 5.73 Å². The molecule has 1 heterocycles. The third-order valence-corrected chi connectivity index (χ3v) is 4.09. The van der Waals surface area contributed by atoms with Gasteiger partial charge in [-0.3, -0.25) is 4.21 Å². The summed E-state index contributed by atoms with van der Waals surface area (Å²) >= 11 is 0. The van der Waals surface area contributed by atoms with Gasteiger partial charge in [0.1, 0.15) is 0 Å². The van der Waals surface area contributed by atoms with Gasteiger partial charge in [-0.1, -0.05) is 0 Å². The largest absolute Gasteiger partial charge is 0.330 e. The first-order valence-electron chi connectivity index (χ1n) is 3.67. The second-order valence-electron chi connectivity index (χ2n) is 3.05. The highest BCUT2D eigenvalue weighted by molar-refractivity contribution is 8.00. The zero-order valence-corrected chi connectivity index (χ0v) is 7.03. The van der Waals surface area contributed by atoms with Crippen LogP contribution in [0.3, 0.4) is 0 Å². The van der Waals surface area contributed by atoms with E-state index >= 15 is 0 Å². The van der Waals surface area contributed by atoms with Gasteiger partial charge in [0.15, 0.2) is 0 Å². The zero-order chi connectivity index (χ0) is 7.61. The van der Waals surface area contributed by atoms with Gasteiger partial charge in [-0.15, -0.1) is 0 Å². The molecule has 0 aromatic rings. The molecule has 60 valence electrons. The topological polar surface area (TPSA) is 43.1 Å². The highest BCUT2D eigenvalue weighted by Crippen LogP contribution is 2.16. The molecule has 0 saturated carbocycles. The molecule has 0 bridgehead atoms. The van der Waals surface area contributed by atoms with Crippen molar-refractivity contribution in [3.8, 4) is 0 Å². The Hall–Kier alpha value is -0.0200. The standard InChI is InChI=1S/C7H15NOS/c1-10(9)4-2-7(6-8)3-5-10/h7H,1-6,8H2. The summed E-state index contributed by atoms with van der Waals surface area (Å²) in [5, 5.41) is 0. The maximum atomic E-state index is 11.3. The van der Waals surface area contributed by atoms with Crippen molar-refractivity contribution in [2.75, 3.05) is 18.1 Å². The molecule has 0 spiro atoms. The highest BCUT2D eigenvalue weighted by atomic mass is 32.2. The molecule has 1 rings (SSSR count). The van der Waals surface area contributed by atoms with Gasteiger partial charge in [0.25, 0.3) is 0 Å². The Balaban J connectivity index is 2.46. The summed E-state index contributed by atoms with van der Waals surface area (Å²) < 4.78 is 11.3. The second-order valence-corrected chi connectivity index (χ2v) is 5.80. The van der Waals surface area contributed by atoms with Crippen molar-refractivity contribution in [1.29, 1.82) is 0 Å². The van der Waals surface area contributed by atoms with Crippen LogP contribution in [0.2, 0.25) is 0 Å². The van der Waals surface area contributed by atoms with Crippen LogP contribution < -0.4 is 5.73 Å². The minimum Gasteiger partial charge on any atom is -0.330 e. The van der Waals surface area contributed by atoms with Crippen LogP contribution in [-0.4, -0.2) is 28.1 Å². The number of hydrogen-bond donors (Lipinski definition) is 1. The number of hydrogen-bond acceptors (Lipinski definition) is 2. The Kier molecular flexibility index (Phi) is 2.36. The monoisotopic (exact) mass is 161 g/mol. The summed E-state index contributed by atoms with van der Waals surface area (Å²) in [5.41, 5.74) is 5.48. The average Bonchev–Trinajstić information content (AvgIpc) is 1.88. The van der Waals surface area contributed by atoms with Crippen molar-refractivity contribution in [3.63, 3.8) is 0 Å². The Labute approximate surface area is 62.8 Å². The van der Waals surface area contributed by atoms with Crippen LogP contribution in [0.5, 0.6) is 0 Å². The summed E-state index contributed by atoms with van der Waals surface area (Å²) in [7, 11) is -1.68. The molecule has 0 radical (unpaired) electrons. The molecule has 1 fully saturated rings. The van der Waals surface area contributed by atoms with Gasteiger partial charge in [0, 0.05) is 11.5 Å². The third-order valence-electron chi connectivity index (χ3n) is 2.13. The maximum Gasteiger partial charge on any atom is 0.0162 e. The predicted molar refractivity (Wildman–Crippen MR) is 46.8 cm³/mol. The molecule has 0 aliphatic carbocycles. The van der Waals surface area contributed by atoms with E-state index in [4.69, 9.17) is 5.73 Å². The fourth-order valence-corrected chi connectivity index (χ4v) is 2.97. The van der Waals surface area contributed by atoms with Crippen molar-refractivity contribution in [3.05, 3.63) is 0 Å². The summed E-state index contributed by atoms with van der Waals surface area (Å²) in [5.74, 6) is 5.87. The lowest BCUT2D eigenvalue weighted by molar-refractivity contribution is 0.491. The SMILES string of the molecule is C=S1(=O)CCC(CN)CC1. The maximum absolute atomic E-state index is 11.3. The molecule has 0 unspecified atom stereocenters. The molecule has 1 aliphatic heterocycles. The number of rotatable bonds is 1. The Morgan fingerprint density at radius 2 is 2.00 bits per heavy atom.